The molecule has 1 rings (SSSR count). The van der Waals surface area contributed by atoms with Gasteiger partial charge in [-0.05, 0) is 33.6 Å². The summed E-state index contributed by atoms with van der Waals surface area (Å²) in [6.07, 6.45) is -3.54. The molecule has 1 saturated carbocycles. The van der Waals surface area contributed by atoms with Crippen LogP contribution in [0.4, 0.5) is 13.6 Å². The van der Waals surface area contributed by atoms with Gasteiger partial charge in [-0.2, -0.15) is 8.78 Å². The van der Waals surface area contributed by atoms with Gasteiger partial charge in [0, 0.05) is 0 Å². The molecule has 7 heteroatoms. The van der Waals surface area contributed by atoms with Gasteiger partial charge in [-0.1, -0.05) is 0 Å². The highest BCUT2D eigenvalue weighted by Crippen LogP contribution is 2.32. The lowest BCUT2D eigenvalue weighted by atomic mass is 10.2. The largest absolute Gasteiger partial charge is 0.444 e. The number of hydrogen-bond donors (Lipinski definition) is 1. The fourth-order valence-corrected chi connectivity index (χ4v) is 1.07. The molecule has 5 nitrogen and oxygen atoms in total. The highest BCUT2D eigenvalue weighted by molar-refractivity contribution is 5.75. The lowest BCUT2D eigenvalue weighted by molar-refractivity contribution is -0.230. The number of ether oxygens (including phenoxy) is 2. The van der Waals surface area contributed by atoms with E-state index in [9.17, 15) is 18.4 Å². The number of alkyl halides is 2. The van der Waals surface area contributed by atoms with Crippen LogP contribution in [0.15, 0.2) is 0 Å². The van der Waals surface area contributed by atoms with Crippen LogP contribution in [0.2, 0.25) is 0 Å². The van der Waals surface area contributed by atoms with Gasteiger partial charge in [0.1, 0.15) is 12.1 Å². The summed E-state index contributed by atoms with van der Waals surface area (Å²) in [6.45, 7) is 3.73. The Morgan fingerprint density at radius 1 is 1.22 bits per heavy atom. The summed E-state index contributed by atoms with van der Waals surface area (Å²) in [6, 6.07) is 0. The maximum atomic E-state index is 13.1. The third-order valence-corrected chi connectivity index (χ3v) is 2.00. The zero-order valence-electron chi connectivity index (χ0n) is 10.6. The van der Waals surface area contributed by atoms with Gasteiger partial charge in [0.15, 0.2) is 0 Å². The topological polar surface area (TPSA) is 64.6 Å². The highest BCUT2D eigenvalue weighted by Gasteiger charge is 2.40. The first kappa shape index (κ1) is 14.7. The van der Waals surface area contributed by atoms with Crippen LogP contribution in [0, 0.1) is 5.92 Å². The van der Waals surface area contributed by atoms with Crippen molar-refractivity contribution in [1.82, 2.24) is 5.32 Å². The predicted octanol–water partition coefficient (Wildman–Crippen LogP) is 2.06. The quantitative estimate of drug-likeness (QED) is 0.790. The standard InChI is InChI=1S/C11H17F2NO4/c1-10(2,3)18-9(16)14-6-11(12,13)17-8(15)7-4-5-7/h7H,4-6H2,1-3H3,(H,14,16). The molecular formula is C11H17F2NO4. The molecule has 1 aliphatic rings. The van der Waals surface area contributed by atoms with Crippen molar-refractivity contribution in [2.45, 2.75) is 45.3 Å². The molecular weight excluding hydrogens is 248 g/mol. The molecule has 0 aliphatic heterocycles. The number of esters is 1. The van der Waals surface area contributed by atoms with Crippen molar-refractivity contribution < 1.29 is 27.8 Å². The summed E-state index contributed by atoms with van der Waals surface area (Å²) in [5.74, 6) is -1.34. The van der Waals surface area contributed by atoms with Crippen molar-refractivity contribution in [3.8, 4) is 0 Å². The minimum atomic E-state index is -3.71. The number of amides is 1. The summed E-state index contributed by atoms with van der Waals surface area (Å²) in [5, 5.41) is 1.86. The Bertz CT molecular complexity index is 334. The van der Waals surface area contributed by atoms with Crippen LogP contribution in [0.1, 0.15) is 33.6 Å². The highest BCUT2D eigenvalue weighted by atomic mass is 19.3. The van der Waals surface area contributed by atoms with Crippen molar-refractivity contribution >= 4 is 12.1 Å². The minimum absolute atomic E-state index is 0.419. The van der Waals surface area contributed by atoms with Gasteiger partial charge in [-0.3, -0.25) is 4.79 Å². The number of carbonyl (C=O) groups excluding carboxylic acids is 2. The molecule has 1 amide bonds. The summed E-state index contributed by atoms with van der Waals surface area (Å²) < 4.78 is 35.1. The van der Waals surface area contributed by atoms with Crippen LogP contribution in [0.25, 0.3) is 0 Å². The molecule has 0 bridgehead atoms. The normalized spacial score (nSPS) is 16.1. The number of nitrogens with one attached hydrogen (secondary N) is 1. The third kappa shape index (κ3) is 5.79. The molecule has 0 aromatic carbocycles. The van der Waals surface area contributed by atoms with E-state index in [0.29, 0.717) is 12.8 Å². The Balaban J connectivity index is 2.31. The van der Waals surface area contributed by atoms with E-state index < -0.39 is 36.2 Å². The van der Waals surface area contributed by atoms with Crippen molar-refractivity contribution in [3.05, 3.63) is 0 Å². The Labute approximate surface area is 104 Å². The summed E-state index contributed by atoms with van der Waals surface area (Å²) in [7, 11) is 0. The number of rotatable bonds is 4. The molecule has 0 spiro atoms. The fourth-order valence-electron chi connectivity index (χ4n) is 1.07. The summed E-state index contributed by atoms with van der Waals surface area (Å²) in [4.78, 5) is 22.2. The smallest absolute Gasteiger partial charge is 0.417 e. The second-order valence-electron chi connectivity index (χ2n) is 5.19. The Morgan fingerprint density at radius 2 is 1.78 bits per heavy atom. The van der Waals surface area contributed by atoms with E-state index in [2.05, 4.69) is 4.74 Å². The van der Waals surface area contributed by atoms with Gasteiger partial charge < -0.3 is 14.8 Å². The van der Waals surface area contributed by atoms with Crippen molar-refractivity contribution in [3.63, 3.8) is 0 Å². The molecule has 0 saturated heterocycles. The average molecular weight is 265 g/mol. The molecule has 0 radical (unpaired) electrons. The molecule has 1 N–H and O–H groups in total. The molecule has 0 aromatic heterocycles. The maximum absolute atomic E-state index is 13.1. The van der Waals surface area contributed by atoms with Crippen LogP contribution < -0.4 is 5.32 Å². The van der Waals surface area contributed by atoms with Crippen LogP contribution in [-0.4, -0.2) is 30.3 Å². The summed E-state index contributed by atoms with van der Waals surface area (Å²) >= 11 is 0. The lowest BCUT2D eigenvalue weighted by Crippen LogP contribution is -2.42. The molecule has 0 unspecified atom stereocenters. The first-order chi connectivity index (χ1) is 8.09. The first-order valence-corrected chi connectivity index (χ1v) is 5.66. The van der Waals surface area contributed by atoms with E-state index in [1.165, 1.54) is 0 Å². The molecule has 18 heavy (non-hydrogen) atoms. The third-order valence-electron chi connectivity index (χ3n) is 2.00. The van der Waals surface area contributed by atoms with Gasteiger partial charge in [0.05, 0.1) is 5.92 Å². The van der Waals surface area contributed by atoms with E-state index >= 15 is 0 Å². The monoisotopic (exact) mass is 265 g/mol. The Kier molecular flexibility index (Phi) is 4.13. The van der Waals surface area contributed by atoms with E-state index in [1.807, 2.05) is 5.32 Å². The zero-order valence-corrected chi connectivity index (χ0v) is 10.6. The molecule has 0 aromatic rings. The lowest BCUT2D eigenvalue weighted by Gasteiger charge is -2.21. The van der Waals surface area contributed by atoms with Gasteiger partial charge >= 0.3 is 18.2 Å². The van der Waals surface area contributed by atoms with Gasteiger partial charge in [0.2, 0.25) is 0 Å². The molecule has 0 atom stereocenters. The first-order valence-electron chi connectivity index (χ1n) is 5.66. The van der Waals surface area contributed by atoms with E-state index in [0.717, 1.165) is 0 Å². The molecule has 0 heterocycles. The molecule has 1 aliphatic carbocycles. The zero-order chi connectivity index (χ0) is 14.0. The van der Waals surface area contributed by atoms with E-state index in [-0.39, 0.29) is 0 Å². The van der Waals surface area contributed by atoms with Crippen LogP contribution in [0.3, 0.4) is 0 Å². The Morgan fingerprint density at radius 3 is 2.22 bits per heavy atom. The number of hydrogen-bond acceptors (Lipinski definition) is 4. The Hall–Kier alpha value is -1.40. The van der Waals surface area contributed by atoms with Crippen molar-refractivity contribution in [1.29, 1.82) is 0 Å². The molecule has 1 fully saturated rings. The summed E-state index contributed by atoms with van der Waals surface area (Å²) in [5.41, 5.74) is -0.774. The number of alkyl carbamates (subject to hydrolysis) is 1. The van der Waals surface area contributed by atoms with E-state index in [1.54, 1.807) is 20.8 Å². The number of carbonyl (C=O) groups is 2. The van der Waals surface area contributed by atoms with Crippen LogP contribution >= 0.6 is 0 Å². The van der Waals surface area contributed by atoms with Gasteiger partial charge in [-0.25, -0.2) is 4.79 Å². The average Bonchev–Trinajstić information content (AvgIpc) is 2.94. The van der Waals surface area contributed by atoms with Crippen LogP contribution in [0.5, 0.6) is 0 Å². The predicted molar refractivity (Wildman–Crippen MR) is 58.0 cm³/mol. The minimum Gasteiger partial charge on any atom is -0.444 e. The van der Waals surface area contributed by atoms with Crippen molar-refractivity contribution in [2.24, 2.45) is 5.92 Å². The van der Waals surface area contributed by atoms with E-state index in [4.69, 9.17) is 4.74 Å². The second-order valence-corrected chi connectivity index (χ2v) is 5.19. The second kappa shape index (κ2) is 5.07. The molecule has 104 valence electrons. The van der Waals surface area contributed by atoms with Crippen molar-refractivity contribution in [2.75, 3.05) is 6.54 Å². The van der Waals surface area contributed by atoms with Gasteiger partial charge in [0.25, 0.3) is 0 Å². The number of halogens is 2. The maximum Gasteiger partial charge on any atom is 0.417 e. The SMILES string of the molecule is CC(C)(C)OC(=O)NCC(F)(F)OC(=O)C1CC1. The fraction of sp³-hybridized carbons (Fsp3) is 0.818. The van der Waals surface area contributed by atoms with Gasteiger partial charge in [-0.15, -0.1) is 0 Å². The van der Waals surface area contributed by atoms with Crippen LogP contribution in [-0.2, 0) is 14.3 Å².